The van der Waals surface area contributed by atoms with E-state index in [9.17, 15) is 0 Å². The molecule has 0 radical (unpaired) electrons. The molecule has 76 valence electrons. The lowest BCUT2D eigenvalue weighted by molar-refractivity contribution is 0.260. The van der Waals surface area contributed by atoms with Gasteiger partial charge in [-0.15, -0.1) is 0 Å². The van der Waals surface area contributed by atoms with E-state index in [0.29, 0.717) is 6.04 Å². The van der Waals surface area contributed by atoms with Crippen LogP contribution >= 0.6 is 11.6 Å². The SMILES string of the molecule is NC(Cc1ccccc1Cl)C1CCC1. The molecule has 2 rings (SSSR count). The summed E-state index contributed by atoms with van der Waals surface area (Å²) in [5.74, 6) is 0.728. The van der Waals surface area contributed by atoms with Gasteiger partial charge in [0.15, 0.2) is 0 Å². The van der Waals surface area contributed by atoms with Crippen LogP contribution in [-0.2, 0) is 6.42 Å². The van der Waals surface area contributed by atoms with E-state index in [0.717, 1.165) is 17.4 Å². The summed E-state index contributed by atoms with van der Waals surface area (Å²) in [6, 6.07) is 8.28. The van der Waals surface area contributed by atoms with Crippen molar-refractivity contribution in [1.29, 1.82) is 0 Å². The van der Waals surface area contributed by atoms with Crippen molar-refractivity contribution in [1.82, 2.24) is 0 Å². The fraction of sp³-hybridized carbons (Fsp3) is 0.500. The van der Waals surface area contributed by atoms with Crippen molar-refractivity contribution in [2.75, 3.05) is 0 Å². The smallest absolute Gasteiger partial charge is 0.0438 e. The monoisotopic (exact) mass is 209 g/mol. The van der Waals surface area contributed by atoms with Crippen LogP contribution in [0.4, 0.5) is 0 Å². The van der Waals surface area contributed by atoms with Gasteiger partial charge in [-0.2, -0.15) is 0 Å². The molecule has 1 aliphatic carbocycles. The molecule has 0 amide bonds. The van der Waals surface area contributed by atoms with Gasteiger partial charge in [-0.1, -0.05) is 36.2 Å². The van der Waals surface area contributed by atoms with Crippen LogP contribution in [0.15, 0.2) is 24.3 Å². The van der Waals surface area contributed by atoms with E-state index in [-0.39, 0.29) is 0 Å². The van der Waals surface area contributed by atoms with Crippen LogP contribution in [0.25, 0.3) is 0 Å². The Balaban J connectivity index is 1.99. The molecule has 0 aliphatic heterocycles. The molecule has 1 aromatic carbocycles. The predicted octanol–water partition coefficient (Wildman–Crippen LogP) is 3.01. The Morgan fingerprint density at radius 2 is 2.07 bits per heavy atom. The largest absolute Gasteiger partial charge is 0.327 e. The molecule has 14 heavy (non-hydrogen) atoms. The second-order valence-corrected chi connectivity index (χ2v) is 4.56. The lowest BCUT2D eigenvalue weighted by Gasteiger charge is -2.31. The Kier molecular flexibility index (Phi) is 3.09. The third-order valence-electron chi connectivity index (χ3n) is 3.17. The number of rotatable bonds is 3. The number of benzene rings is 1. The Bertz CT molecular complexity index is 307. The standard InChI is InChI=1S/C12H16ClN/c13-11-7-2-1-4-10(11)8-12(14)9-5-3-6-9/h1-2,4,7,9,12H,3,5-6,8,14H2. The molecule has 0 spiro atoms. The van der Waals surface area contributed by atoms with Crippen molar-refractivity contribution in [2.45, 2.75) is 31.7 Å². The molecule has 2 N–H and O–H groups in total. The lowest BCUT2D eigenvalue weighted by Crippen LogP contribution is -2.36. The number of halogens is 1. The predicted molar refractivity (Wildman–Crippen MR) is 60.5 cm³/mol. The van der Waals surface area contributed by atoms with Crippen LogP contribution in [0, 0.1) is 5.92 Å². The first-order valence-corrected chi connectivity index (χ1v) is 5.64. The third kappa shape index (κ3) is 2.10. The first-order chi connectivity index (χ1) is 6.77. The van der Waals surface area contributed by atoms with Crippen LogP contribution in [0.3, 0.4) is 0 Å². The topological polar surface area (TPSA) is 26.0 Å². The van der Waals surface area contributed by atoms with E-state index in [1.807, 2.05) is 18.2 Å². The van der Waals surface area contributed by atoms with Gasteiger partial charge in [-0.25, -0.2) is 0 Å². The summed E-state index contributed by atoms with van der Waals surface area (Å²) >= 11 is 6.08. The van der Waals surface area contributed by atoms with Gasteiger partial charge < -0.3 is 5.73 Å². The minimum atomic E-state index is 0.295. The summed E-state index contributed by atoms with van der Waals surface area (Å²) in [5, 5.41) is 0.849. The molecule has 1 saturated carbocycles. The average molecular weight is 210 g/mol. The van der Waals surface area contributed by atoms with Crippen LogP contribution in [0.1, 0.15) is 24.8 Å². The summed E-state index contributed by atoms with van der Waals surface area (Å²) in [5.41, 5.74) is 7.31. The zero-order valence-corrected chi connectivity index (χ0v) is 9.00. The molecule has 1 aliphatic rings. The van der Waals surface area contributed by atoms with Crippen molar-refractivity contribution in [2.24, 2.45) is 11.7 Å². The zero-order valence-electron chi connectivity index (χ0n) is 8.25. The van der Waals surface area contributed by atoms with Crippen molar-refractivity contribution < 1.29 is 0 Å². The molecule has 2 heteroatoms. The van der Waals surface area contributed by atoms with Gasteiger partial charge >= 0.3 is 0 Å². The molecule has 1 unspecified atom stereocenters. The van der Waals surface area contributed by atoms with E-state index >= 15 is 0 Å². The molecule has 0 bridgehead atoms. The number of hydrogen-bond donors (Lipinski definition) is 1. The lowest BCUT2D eigenvalue weighted by atomic mass is 9.78. The van der Waals surface area contributed by atoms with Crippen LogP contribution in [-0.4, -0.2) is 6.04 Å². The van der Waals surface area contributed by atoms with Crippen LogP contribution in [0.2, 0.25) is 5.02 Å². The second kappa shape index (κ2) is 4.33. The van der Waals surface area contributed by atoms with Crippen molar-refractivity contribution in [3.05, 3.63) is 34.9 Å². The maximum Gasteiger partial charge on any atom is 0.0438 e. The molecular weight excluding hydrogens is 194 g/mol. The van der Waals surface area contributed by atoms with Crippen molar-refractivity contribution in [3.63, 3.8) is 0 Å². The van der Waals surface area contributed by atoms with E-state index in [4.69, 9.17) is 17.3 Å². The Morgan fingerprint density at radius 3 is 2.64 bits per heavy atom. The normalized spacial score (nSPS) is 19.0. The number of nitrogens with two attached hydrogens (primary N) is 1. The summed E-state index contributed by atoms with van der Waals surface area (Å²) in [7, 11) is 0. The van der Waals surface area contributed by atoms with E-state index in [1.54, 1.807) is 0 Å². The van der Waals surface area contributed by atoms with Crippen molar-refractivity contribution in [3.8, 4) is 0 Å². The molecule has 1 nitrogen and oxygen atoms in total. The fourth-order valence-electron chi connectivity index (χ4n) is 1.95. The summed E-state index contributed by atoms with van der Waals surface area (Å²) in [6.45, 7) is 0. The molecule has 0 aromatic heterocycles. The molecule has 1 aromatic rings. The first-order valence-electron chi connectivity index (χ1n) is 5.26. The molecular formula is C12H16ClN. The average Bonchev–Trinajstić information content (AvgIpc) is 2.05. The zero-order chi connectivity index (χ0) is 9.97. The highest BCUT2D eigenvalue weighted by Crippen LogP contribution is 2.30. The molecule has 1 atom stereocenters. The Morgan fingerprint density at radius 1 is 1.36 bits per heavy atom. The maximum absolute atomic E-state index is 6.12. The minimum Gasteiger partial charge on any atom is -0.327 e. The number of hydrogen-bond acceptors (Lipinski definition) is 1. The summed E-state index contributed by atoms with van der Waals surface area (Å²) in [4.78, 5) is 0. The fourth-order valence-corrected chi connectivity index (χ4v) is 2.17. The van der Waals surface area contributed by atoms with Gasteiger partial charge in [0.25, 0.3) is 0 Å². The van der Waals surface area contributed by atoms with Gasteiger partial charge in [0.2, 0.25) is 0 Å². The maximum atomic E-state index is 6.12. The van der Waals surface area contributed by atoms with Gasteiger partial charge in [-0.05, 0) is 36.8 Å². The first kappa shape index (κ1) is 10.0. The highest BCUT2D eigenvalue weighted by molar-refractivity contribution is 6.31. The quantitative estimate of drug-likeness (QED) is 0.814. The Hall–Kier alpha value is -0.530. The Labute approximate surface area is 90.3 Å². The van der Waals surface area contributed by atoms with Gasteiger partial charge in [0, 0.05) is 11.1 Å². The van der Waals surface area contributed by atoms with E-state index in [1.165, 1.54) is 24.8 Å². The van der Waals surface area contributed by atoms with Crippen molar-refractivity contribution >= 4 is 11.6 Å². The highest BCUT2D eigenvalue weighted by atomic mass is 35.5. The highest BCUT2D eigenvalue weighted by Gasteiger charge is 2.24. The second-order valence-electron chi connectivity index (χ2n) is 4.15. The minimum absolute atomic E-state index is 0.295. The van der Waals surface area contributed by atoms with Crippen LogP contribution in [0.5, 0.6) is 0 Å². The summed E-state index contributed by atoms with van der Waals surface area (Å²) in [6.07, 6.45) is 4.86. The van der Waals surface area contributed by atoms with Gasteiger partial charge in [0.05, 0.1) is 0 Å². The third-order valence-corrected chi connectivity index (χ3v) is 3.54. The molecule has 1 fully saturated rings. The summed E-state index contributed by atoms with van der Waals surface area (Å²) < 4.78 is 0. The van der Waals surface area contributed by atoms with Gasteiger partial charge in [0.1, 0.15) is 0 Å². The van der Waals surface area contributed by atoms with E-state index < -0.39 is 0 Å². The van der Waals surface area contributed by atoms with Gasteiger partial charge in [-0.3, -0.25) is 0 Å². The molecule has 0 heterocycles. The molecule has 0 saturated heterocycles. The van der Waals surface area contributed by atoms with E-state index in [2.05, 4.69) is 6.07 Å². The van der Waals surface area contributed by atoms with Crippen LogP contribution < -0.4 is 5.73 Å².